The average molecular weight is 696 g/mol. The molecule has 46 heavy (non-hydrogen) atoms. The number of hydrogen-bond donors (Lipinski definition) is 0. The summed E-state index contributed by atoms with van der Waals surface area (Å²) < 4.78 is 6.36. The van der Waals surface area contributed by atoms with Gasteiger partial charge in [0.2, 0.25) is 5.91 Å². The quantitative estimate of drug-likeness (QED) is 0.137. The Balaban J connectivity index is 0.00000736. The SMILES string of the molecule is Br.CCCCCCCCCCCCCCOc1ccc(CN(C(C)=O)c2cccc(CC3(C)C=C(C)C=NC3)c2)cc1C(C)(C)C. The highest BCUT2D eigenvalue weighted by molar-refractivity contribution is 8.93. The number of aliphatic imine (C=N–C) groups is 1. The van der Waals surface area contributed by atoms with Gasteiger partial charge >= 0.3 is 0 Å². The first-order valence-corrected chi connectivity index (χ1v) is 17.8. The van der Waals surface area contributed by atoms with E-state index in [1.54, 1.807) is 6.92 Å². The molecule has 5 heteroatoms. The van der Waals surface area contributed by atoms with E-state index in [0.29, 0.717) is 6.54 Å². The number of benzene rings is 2. The van der Waals surface area contributed by atoms with Crippen molar-refractivity contribution in [1.29, 1.82) is 0 Å². The highest BCUT2D eigenvalue weighted by Crippen LogP contribution is 2.34. The van der Waals surface area contributed by atoms with Gasteiger partial charge in [-0.05, 0) is 71.7 Å². The molecule has 3 rings (SSSR count). The Hall–Kier alpha value is -2.40. The normalized spacial score (nSPS) is 16.1. The van der Waals surface area contributed by atoms with Crippen molar-refractivity contribution in [2.75, 3.05) is 18.1 Å². The molecular formula is C41H63BrN2O2. The maximum atomic E-state index is 12.9. The van der Waals surface area contributed by atoms with Crippen molar-refractivity contribution in [2.24, 2.45) is 10.4 Å². The zero-order valence-electron chi connectivity index (χ0n) is 30.1. The first-order valence-electron chi connectivity index (χ1n) is 17.8. The topological polar surface area (TPSA) is 41.9 Å². The molecule has 1 aliphatic rings. The van der Waals surface area contributed by atoms with E-state index in [0.717, 1.165) is 43.0 Å². The molecule has 0 fully saturated rings. The van der Waals surface area contributed by atoms with Crippen LogP contribution >= 0.6 is 17.0 Å². The van der Waals surface area contributed by atoms with E-state index in [2.05, 4.69) is 89.0 Å². The maximum absolute atomic E-state index is 12.9. The van der Waals surface area contributed by atoms with Gasteiger partial charge in [-0.25, -0.2) is 0 Å². The molecule has 256 valence electrons. The van der Waals surface area contributed by atoms with E-state index in [9.17, 15) is 4.79 Å². The van der Waals surface area contributed by atoms with E-state index in [1.807, 2.05) is 17.2 Å². The van der Waals surface area contributed by atoms with Gasteiger partial charge in [0.25, 0.3) is 0 Å². The monoisotopic (exact) mass is 694 g/mol. The summed E-state index contributed by atoms with van der Waals surface area (Å²) in [7, 11) is 0. The second-order valence-corrected chi connectivity index (χ2v) is 14.8. The molecular weight excluding hydrogens is 632 g/mol. The third-order valence-corrected chi connectivity index (χ3v) is 8.98. The van der Waals surface area contributed by atoms with Crippen molar-refractivity contribution in [1.82, 2.24) is 0 Å². The second kappa shape index (κ2) is 20.1. The number of rotatable bonds is 19. The Bertz CT molecular complexity index is 1260. The van der Waals surface area contributed by atoms with Gasteiger partial charge in [-0.15, -0.1) is 17.0 Å². The number of amides is 1. The van der Waals surface area contributed by atoms with Gasteiger partial charge in [-0.1, -0.05) is 130 Å². The number of dihydropyridines is 1. The minimum Gasteiger partial charge on any atom is -0.493 e. The van der Waals surface area contributed by atoms with E-state index in [1.165, 1.54) is 87.3 Å². The molecule has 0 aliphatic carbocycles. The van der Waals surface area contributed by atoms with Crippen LogP contribution in [0.4, 0.5) is 5.69 Å². The number of carbonyl (C=O) groups excluding carboxylic acids is 1. The molecule has 0 N–H and O–H groups in total. The Morgan fingerprint density at radius 2 is 1.52 bits per heavy atom. The molecule has 0 saturated carbocycles. The number of ether oxygens (including phenoxy) is 1. The molecule has 0 spiro atoms. The van der Waals surface area contributed by atoms with E-state index in [-0.39, 0.29) is 33.7 Å². The van der Waals surface area contributed by atoms with Crippen molar-refractivity contribution >= 4 is 34.8 Å². The van der Waals surface area contributed by atoms with Gasteiger partial charge in [0, 0.05) is 30.8 Å². The molecule has 1 heterocycles. The van der Waals surface area contributed by atoms with Gasteiger partial charge in [0.15, 0.2) is 0 Å². The smallest absolute Gasteiger partial charge is 0.224 e. The molecule has 0 bridgehead atoms. The fraction of sp³-hybridized carbons (Fsp3) is 0.610. The number of allylic oxidation sites excluding steroid dienone is 1. The maximum Gasteiger partial charge on any atom is 0.224 e. The summed E-state index contributed by atoms with van der Waals surface area (Å²) in [6.45, 7) is 17.1. The van der Waals surface area contributed by atoms with Crippen LogP contribution in [0.3, 0.4) is 0 Å². The van der Waals surface area contributed by atoms with Gasteiger partial charge in [-0.2, -0.15) is 0 Å². The summed E-state index contributed by atoms with van der Waals surface area (Å²) in [5.41, 5.74) is 5.61. The Morgan fingerprint density at radius 3 is 2.11 bits per heavy atom. The molecule has 0 aromatic heterocycles. The summed E-state index contributed by atoms with van der Waals surface area (Å²) >= 11 is 0. The molecule has 1 aliphatic heterocycles. The summed E-state index contributed by atoms with van der Waals surface area (Å²) in [5.74, 6) is 1.01. The molecule has 1 atom stereocenters. The Labute approximate surface area is 292 Å². The Kier molecular flexibility index (Phi) is 17.4. The van der Waals surface area contributed by atoms with Crippen LogP contribution < -0.4 is 9.64 Å². The number of halogens is 1. The molecule has 2 aromatic rings. The van der Waals surface area contributed by atoms with Gasteiger partial charge < -0.3 is 9.64 Å². The minimum atomic E-state index is -0.0631. The fourth-order valence-electron chi connectivity index (χ4n) is 6.52. The third-order valence-electron chi connectivity index (χ3n) is 8.98. The summed E-state index contributed by atoms with van der Waals surface area (Å²) in [5, 5.41) is 0. The summed E-state index contributed by atoms with van der Waals surface area (Å²) in [6, 6.07) is 14.9. The lowest BCUT2D eigenvalue weighted by Gasteiger charge is -2.28. The van der Waals surface area contributed by atoms with Crippen molar-refractivity contribution in [3.63, 3.8) is 0 Å². The standard InChI is InChI=1S/C41H62N2O2.BrH/c1-8-9-10-11-12-13-14-15-16-17-18-19-25-45-39-24-23-36(27-38(39)40(4,5)6)31-43(34(3)44)37-22-20-21-35(26-37)29-41(7)28-33(2)30-42-32-41;/h20-24,26-28,30H,8-19,25,29,31-32H2,1-7H3;1H. The number of carbonyl (C=O) groups is 1. The van der Waals surface area contributed by atoms with Crippen LogP contribution in [0, 0.1) is 5.41 Å². The summed E-state index contributed by atoms with van der Waals surface area (Å²) in [6.07, 6.45) is 21.3. The first-order chi connectivity index (χ1) is 21.5. The van der Waals surface area contributed by atoms with Gasteiger partial charge in [0.05, 0.1) is 13.2 Å². The molecule has 1 unspecified atom stereocenters. The van der Waals surface area contributed by atoms with Crippen molar-refractivity contribution in [3.05, 3.63) is 70.8 Å². The van der Waals surface area contributed by atoms with Crippen LogP contribution in [0.25, 0.3) is 0 Å². The second-order valence-electron chi connectivity index (χ2n) is 14.8. The van der Waals surface area contributed by atoms with Gasteiger partial charge in [0.1, 0.15) is 5.75 Å². The lowest BCUT2D eigenvalue weighted by Crippen LogP contribution is -2.28. The number of anilines is 1. The first kappa shape index (κ1) is 39.8. The molecule has 1 amide bonds. The number of unbranched alkanes of at least 4 members (excludes halogenated alkanes) is 11. The zero-order valence-corrected chi connectivity index (χ0v) is 31.8. The number of nitrogens with zero attached hydrogens (tertiary/aromatic N) is 2. The third kappa shape index (κ3) is 13.8. The minimum absolute atomic E-state index is 0. The van der Waals surface area contributed by atoms with Crippen molar-refractivity contribution in [3.8, 4) is 5.75 Å². The zero-order chi connectivity index (χ0) is 32.7. The molecule has 4 nitrogen and oxygen atoms in total. The largest absolute Gasteiger partial charge is 0.493 e. The predicted octanol–water partition coefficient (Wildman–Crippen LogP) is 11.8. The van der Waals surface area contributed by atoms with Crippen LogP contribution in [0.2, 0.25) is 0 Å². The lowest BCUT2D eigenvalue weighted by molar-refractivity contribution is -0.116. The van der Waals surface area contributed by atoms with Gasteiger partial charge in [-0.3, -0.25) is 9.79 Å². The van der Waals surface area contributed by atoms with Crippen LogP contribution in [0.1, 0.15) is 142 Å². The predicted molar refractivity (Wildman–Crippen MR) is 204 cm³/mol. The molecule has 2 aromatic carbocycles. The van der Waals surface area contributed by atoms with Crippen LogP contribution in [-0.2, 0) is 23.2 Å². The van der Waals surface area contributed by atoms with Crippen LogP contribution in [-0.4, -0.2) is 25.3 Å². The van der Waals surface area contributed by atoms with Crippen LogP contribution in [0.5, 0.6) is 5.75 Å². The highest BCUT2D eigenvalue weighted by atomic mass is 79.9. The number of hydrogen-bond acceptors (Lipinski definition) is 3. The van der Waals surface area contributed by atoms with E-state index >= 15 is 0 Å². The molecule has 0 saturated heterocycles. The molecule has 0 radical (unpaired) electrons. The summed E-state index contributed by atoms with van der Waals surface area (Å²) in [4.78, 5) is 19.4. The highest BCUT2D eigenvalue weighted by Gasteiger charge is 2.25. The van der Waals surface area contributed by atoms with E-state index in [4.69, 9.17) is 4.74 Å². The van der Waals surface area contributed by atoms with Crippen molar-refractivity contribution in [2.45, 2.75) is 144 Å². The fourth-order valence-corrected chi connectivity index (χ4v) is 6.52. The lowest BCUT2D eigenvalue weighted by atomic mass is 9.81. The van der Waals surface area contributed by atoms with E-state index < -0.39 is 0 Å². The average Bonchev–Trinajstić information content (AvgIpc) is 2.97. The van der Waals surface area contributed by atoms with Crippen LogP contribution in [0.15, 0.2) is 59.1 Å². The Morgan fingerprint density at radius 1 is 0.891 bits per heavy atom. The van der Waals surface area contributed by atoms with Crippen molar-refractivity contribution < 1.29 is 9.53 Å².